The van der Waals surface area contributed by atoms with Crippen LogP contribution in [-0.4, -0.2) is 515 Å². The first-order chi connectivity index (χ1) is 55.8. The smallest absolute Gasteiger partial charge is 0.217 e. The molecule has 30 N–H and O–H groups in total. The molecule has 0 saturated carbocycles. The van der Waals surface area contributed by atoms with E-state index in [9.17, 15) is 152 Å². The maximum atomic E-state index is 13.4. The average molecular weight is 1730 g/mol. The molecule has 10 aliphatic heterocycles. The molecule has 3 amide bonds. The van der Waals surface area contributed by atoms with Gasteiger partial charge in [-0.2, -0.15) is 0 Å². The molecule has 118 heavy (non-hydrogen) atoms. The minimum atomic E-state index is -2.59. The fraction of sp³-hybridized carbons (Fsp3) is 0.955. The van der Waals surface area contributed by atoms with Crippen molar-refractivity contribution in [3.63, 3.8) is 0 Å². The van der Waals surface area contributed by atoms with Crippen LogP contribution >= 0.6 is 0 Å². The Hall–Kier alpha value is -3.43. The van der Waals surface area contributed by atoms with Gasteiger partial charge >= 0.3 is 0 Å². The molecule has 684 valence electrons. The molecule has 0 aromatic heterocycles. The summed E-state index contributed by atoms with van der Waals surface area (Å²) in [5.41, 5.74) is 0. The lowest BCUT2D eigenvalue weighted by Crippen LogP contribution is -2.71. The Kier molecular flexibility index (Phi) is 34.3. The van der Waals surface area contributed by atoms with Crippen LogP contribution < -0.4 is 16.0 Å². The van der Waals surface area contributed by atoms with E-state index in [0.29, 0.717) is 0 Å². The number of amides is 3. The maximum Gasteiger partial charge on any atom is 0.217 e. The summed E-state index contributed by atoms with van der Waals surface area (Å²) in [6, 6.07) is -6.03. The number of rotatable bonds is 29. The van der Waals surface area contributed by atoms with Crippen molar-refractivity contribution in [3.8, 4) is 0 Å². The average Bonchev–Trinajstić information content (AvgIpc) is 0.766. The van der Waals surface area contributed by atoms with E-state index in [0.717, 1.165) is 20.8 Å². The molecule has 52 nitrogen and oxygen atoms in total. The van der Waals surface area contributed by atoms with E-state index in [1.807, 2.05) is 0 Å². The van der Waals surface area contributed by atoms with E-state index in [4.69, 9.17) is 90.0 Å². The summed E-state index contributed by atoms with van der Waals surface area (Å²) in [6.45, 7) is -3.74. The predicted molar refractivity (Wildman–Crippen MR) is 362 cm³/mol. The van der Waals surface area contributed by atoms with Crippen LogP contribution in [0.15, 0.2) is 0 Å². The van der Waals surface area contributed by atoms with Gasteiger partial charge in [-0.1, -0.05) is 0 Å². The SMILES string of the molecule is CC(=O)N[C@H]1[C@H](O[C@H]2[C@@H](O)[C@@H](CO)O[C@@H](O[C@H]3[C@H](O)[C@@H](O)C(O)O[C@@H]3CO)[C@@H]2O)O[C@H](CO)[C@@H](O[C@@H]2O[C@H](CO[C@@H]3O[C@H](CO)[C@@H](O)[C@H](O[C@@H]4O[C@H](CO)[C@H](O)[C@H](O)[C@H]4O[C@@H]4O[C@@H](C)[C@@H](O)[C@@H](O)[C@@H]4O)[C@H]3NC(C)=O)[C@H](O)[C@H](O[C@@H]3O[C@H](CO)[C@@H](O)[C@H](O[C@@H]4O[C@H](CO)[C@H](O)[C@H](O)[C@H]4O[C@@H]4O[C@@H](C)[C@@H](O)[C@@H](O)[C@@H]4O)[C@H]3NC(C)=O)[C@H]2O)[C@@H]1O. The number of aliphatic hydroxyl groups is 27. The lowest BCUT2D eigenvalue weighted by atomic mass is 9.93. The first-order valence-corrected chi connectivity index (χ1v) is 37.9. The number of carbonyl (C=O) groups is 3. The minimum absolute atomic E-state index is 0.904. The van der Waals surface area contributed by atoms with Gasteiger partial charge in [0.15, 0.2) is 62.9 Å². The molecular formula is C66H111N3O49. The van der Waals surface area contributed by atoms with E-state index in [1.54, 1.807) is 0 Å². The lowest BCUT2D eigenvalue weighted by Gasteiger charge is -2.51. The van der Waals surface area contributed by atoms with E-state index < -0.39 is 377 Å². The number of ether oxygens (including phenoxy) is 19. The van der Waals surface area contributed by atoms with Crippen LogP contribution in [0.3, 0.4) is 0 Å². The van der Waals surface area contributed by atoms with Gasteiger partial charge < -0.3 is 244 Å². The molecule has 0 bridgehead atoms. The van der Waals surface area contributed by atoms with E-state index in [2.05, 4.69) is 16.0 Å². The third-order valence-corrected chi connectivity index (χ3v) is 22.0. The molecule has 0 radical (unpaired) electrons. The molecule has 0 aliphatic carbocycles. The first kappa shape index (κ1) is 96.8. The molecule has 1 unspecified atom stereocenters. The molecular weight excluding hydrogens is 1620 g/mol. The highest BCUT2D eigenvalue weighted by atomic mass is 16.8. The number of carbonyl (C=O) groups excluding carboxylic acids is 3. The second kappa shape index (κ2) is 41.8. The van der Waals surface area contributed by atoms with Crippen molar-refractivity contribution >= 4 is 17.7 Å². The van der Waals surface area contributed by atoms with E-state index in [-0.39, 0.29) is 0 Å². The van der Waals surface area contributed by atoms with Crippen LogP contribution in [0.25, 0.3) is 0 Å². The molecule has 10 aliphatic rings. The van der Waals surface area contributed by atoms with Crippen LogP contribution in [0, 0.1) is 0 Å². The third-order valence-electron chi connectivity index (χ3n) is 22.0. The maximum absolute atomic E-state index is 13.4. The fourth-order valence-electron chi connectivity index (χ4n) is 15.4. The van der Waals surface area contributed by atoms with Gasteiger partial charge in [0.2, 0.25) is 17.7 Å². The number of hydrogen-bond donors (Lipinski definition) is 30. The molecule has 10 fully saturated rings. The Bertz CT molecular complexity index is 3140. The Morgan fingerprint density at radius 1 is 0.237 bits per heavy atom. The largest absolute Gasteiger partial charge is 0.394 e. The van der Waals surface area contributed by atoms with Crippen LogP contribution in [0.4, 0.5) is 0 Å². The van der Waals surface area contributed by atoms with E-state index >= 15 is 0 Å². The topological polar surface area (TPSA) is 809 Å². The quantitative estimate of drug-likeness (QED) is 0.0331. The van der Waals surface area contributed by atoms with Crippen LogP contribution in [0.1, 0.15) is 34.6 Å². The highest BCUT2D eigenvalue weighted by molar-refractivity contribution is 5.74. The molecule has 10 saturated heterocycles. The number of aliphatic hydroxyl groups excluding tert-OH is 27. The summed E-state index contributed by atoms with van der Waals surface area (Å²) in [5, 5.41) is 307. The Morgan fingerprint density at radius 3 is 0.932 bits per heavy atom. The highest BCUT2D eigenvalue weighted by Gasteiger charge is 2.62. The Balaban J connectivity index is 0.990. The zero-order valence-corrected chi connectivity index (χ0v) is 63.6. The molecule has 10 heterocycles. The summed E-state index contributed by atoms with van der Waals surface area (Å²) in [5.74, 6) is -3.00. The monoisotopic (exact) mass is 1730 g/mol. The fourth-order valence-corrected chi connectivity index (χ4v) is 15.4. The van der Waals surface area contributed by atoms with Crippen molar-refractivity contribution < 1.29 is 242 Å². The van der Waals surface area contributed by atoms with Gasteiger partial charge in [0, 0.05) is 20.8 Å². The van der Waals surface area contributed by atoms with Gasteiger partial charge in [-0.3, -0.25) is 14.4 Å². The van der Waals surface area contributed by atoms with Crippen molar-refractivity contribution in [2.24, 2.45) is 0 Å². The molecule has 10 rings (SSSR count). The normalized spacial score (nSPS) is 51.1. The number of nitrogens with one attached hydrogen (secondary N) is 3. The summed E-state index contributed by atoms with van der Waals surface area (Å²) >= 11 is 0. The molecule has 0 aromatic rings. The Labute approximate surface area is 668 Å². The van der Waals surface area contributed by atoms with Crippen LogP contribution in [0.2, 0.25) is 0 Å². The zero-order chi connectivity index (χ0) is 86.8. The first-order valence-electron chi connectivity index (χ1n) is 37.9. The van der Waals surface area contributed by atoms with Gasteiger partial charge in [0.1, 0.15) is 232 Å². The lowest BCUT2D eigenvalue weighted by molar-refractivity contribution is -0.394. The van der Waals surface area contributed by atoms with Crippen molar-refractivity contribution in [2.75, 3.05) is 52.9 Å². The van der Waals surface area contributed by atoms with Crippen molar-refractivity contribution in [1.29, 1.82) is 0 Å². The summed E-state index contributed by atoms with van der Waals surface area (Å²) < 4.78 is 113. The van der Waals surface area contributed by atoms with Gasteiger partial charge in [0.25, 0.3) is 0 Å². The van der Waals surface area contributed by atoms with Gasteiger partial charge in [-0.25, -0.2) is 0 Å². The Morgan fingerprint density at radius 2 is 0.517 bits per heavy atom. The predicted octanol–water partition coefficient (Wildman–Crippen LogP) is -20.3. The molecule has 0 spiro atoms. The van der Waals surface area contributed by atoms with Crippen LogP contribution in [-0.2, 0) is 104 Å². The summed E-state index contributed by atoms with van der Waals surface area (Å²) in [7, 11) is 0. The highest BCUT2D eigenvalue weighted by Crippen LogP contribution is 2.41. The molecule has 50 atom stereocenters. The van der Waals surface area contributed by atoms with Gasteiger partial charge in [-0.05, 0) is 13.8 Å². The summed E-state index contributed by atoms with van der Waals surface area (Å²) in [6.07, 6.45) is -96.4. The van der Waals surface area contributed by atoms with Gasteiger partial charge in [-0.15, -0.1) is 0 Å². The van der Waals surface area contributed by atoms with Gasteiger partial charge in [0.05, 0.1) is 65.1 Å². The minimum Gasteiger partial charge on any atom is -0.394 e. The number of hydrogen-bond acceptors (Lipinski definition) is 49. The van der Waals surface area contributed by atoms with Crippen molar-refractivity contribution in [2.45, 2.75) is 341 Å². The zero-order valence-electron chi connectivity index (χ0n) is 63.6. The van der Waals surface area contributed by atoms with Crippen molar-refractivity contribution in [3.05, 3.63) is 0 Å². The second-order valence-electron chi connectivity index (χ2n) is 30.2. The molecule has 52 heteroatoms. The third kappa shape index (κ3) is 20.8. The standard InChI is InChI=1S/C66H111N3O49/c1-14-30(80)39(89)45(95)61(101-14)117-55-41(91)32(82)19(6-70)107-65(55)113-51-28(68-17(4)78)58(104-21(8-72)34(51)84)100-13-26-37(87)54(116-60-29(69-18(5)79)52(35(85)22(9-73)105-60)114-66-56(42(92)33(83)20(7-71)108-66)118-62-46(96)40(90)31(81)15(2)102-62)48(98)64(110-26)111-49-25(12-76)109-59(27(38(49)88)67-16(3)77)115-53-36(86)23(10-74)106-63(47(53)97)112-50-24(11-75)103-57(99)44(94)43(50)93/h14-15,19-66,70-76,80-99H,6-13H2,1-5H3,(H,67,77)(H,68,78)(H,69,79)/t14-,15-,19+,20+,21+,22+,23+,24+,25+,26+,27+,28+,29+,30+,31+,32-,33-,34+,35+,36-,37-,38+,39+,40+,41-,42-,43+,44+,45-,46-,47+,48+,49+,50+,51+,52+,53-,54-,55+,56+,57?,58+,59-,60-,61-,62-,63-,64-,65-,66-/m0/s1. The van der Waals surface area contributed by atoms with E-state index in [1.165, 1.54) is 13.8 Å². The van der Waals surface area contributed by atoms with Crippen molar-refractivity contribution in [1.82, 2.24) is 16.0 Å². The van der Waals surface area contributed by atoms with Crippen LogP contribution in [0.5, 0.6) is 0 Å². The second-order valence-corrected chi connectivity index (χ2v) is 30.2. The summed E-state index contributed by atoms with van der Waals surface area (Å²) in [4.78, 5) is 39.9. The molecule has 0 aromatic carbocycles.